The van der Waals surface area contributed by atoms with Crippen LogP contribution in [0.25, 0.3) is 0 Å². The van der Waals surface area contributed by atoms with Gasteiger partial charge in [-0.05, 0) is 43.4 Å². The maximum absolute atomic E-state index is 12.7. The van der Waals surface area contributed by atoms with E-state index in [0.717, 1.165) is 49.2 Å². The molecule has 25 heavy (non-hydrogen) atoms. The van der Waals surface area contributed by atoms with Crippen LogP contribution in [0.4, 0.5) is 0 Å². The van der Waals surface area contributed by atoms with E-state index in [9.17, 15) is 9.59 Å². The Hall–Kier alpha value is -2.04. The molecule has 0 radical (unpaired) electrons. The fourth-order valence-electron chi connectivity index (χ4n) is 3.64. The van der Waals surface area contributed by atoms with Crippen LogP contribution in [0.15, 0.2) is 18.2 Å². The van der Waals surface area contributed by atoms with Gasteiger partial charge in [0.2, 0.25) is 11.8 Å². The first-order valence-electron chi connectivity index (χ1n) is 9.28. The summed E-state index contributed by atoms with van der Waals surface area (Å²) < 4.78 is 5.27. The Morgan fingerprint density at radius 2 is 1.80 bits per heavy atom. The first-order valence-corrected chi connectivity index (χ1v) is 9.28. The number of rotatable bonds is 4. The molecule has 1 saturated heterocycles. The quantitative estimate of drug-likeness (QED) is 0.843. The van der Waals surface area contributed by atoms with Crippen LogP contribution in [0.1, 0.15) is 36.8 Å². The third-order valence-electron chi connectivity index (χ3n) is 5.43. The highest BCUT2D eigenvalue weighted by molar-refractivity contribution is 5.81. The second kappa shape index (κ2) is 7.89. The lowest BCUT2D eigenvalue weighted by molar-refractivity contribution is -0.138. The Morgan fingerprint density at radius 3 is 2.44 bits per heavy atom. The summed E-state index contributed by atoms with van der Waals surface area (Å²) in [4.78, 5) is 28.9. The number of carbonyl (C=O) groups is 2. The van der Waals surface area contributed by atoms with Crippen LogP contribution < -0.4 is 4.74 Å². The molecular weight excluding hydrogens is 316 g/mol. The van der Waals surface area contributed by atoms with E-state index >= 15 is 0 Å². The van der Waals surface area contributed by atoms with Gasteiger partial charge in [0.15, 0.2) is 0 Å². The van der Waals surface area contributed by atoms with Gasteiger partial charge in [-0.1, -0.05) is 18.6 Å². The van der Waals surface area contributed by atoms with E-state index in [4.69, 9.17) is 4.74 Å². The van der Waals surface area contributed by atoms with E-state index in [1.165, 1.54) is 6.42 Å². The van der Waals surface area contributed by atoms with Gasteiger partial charge in [0.25, 0.3) is 0 Å². The van der Waals surface area contributed by atoms with Crippen LogP contribution in [-0.4, -0.2) is 54.9 Å². The van der Waals surface area contributed by atoms with Gasteiger partial charge < -0.3 is 14.5 Å². The summed E-state index contributed by atoms with van der Waals surface area (Å²) in [6.45, 7) is 4.82. The zero-order valence-electron chi connectivity index (χ0n) is 15.3. The zero-order chi connectivity index (χ0) is 17.8. The predicted octanol–water partition coefficient (Wildman–Crippen LogP) is 2.41. The monoisotopic (exact) mass is 344 g/mol. The Kier molecular flexibility index (Phi) is 5.61. The van der Waals surface area contributed by atoms with Crippen LogP contribution >= 0.6 is 0 Å². The topological polar surface area (TPSA) is 49.9 Å². The lowest BCUT2D eigenvalue weighted by atomic mass is 9.84. The van der Waals surface area contributed by atoms with Crippen LogP contribution in [0.2, 0.25) is 0 Å². The number of methoxy groups -OCH3 is 1. The number of nitrogens with zero attached hydrogens (tertiary/aromatic N) is 2. The van der Waals surface area contributed by atoms with Gasteiger partial charge in [-0.2, -0.15) is 0 Å². The van der Waals surface area contributed by atoms with E-state index < -0.39 is 0 Å². The number of hydrogen-bond donors (Lipinski definition) is 0. The van der Waals surface area contributed by atoms with Gasteiger partial charge in [0, 0.05) is 32.1 Å². The molecule has 1 aliphatic carbocycles. The van der Waals surface area contributed by atoms with Gasteiger partial charge in [-0.3, -0.25) is 9.59 Å². The van der Waals surface area contributed by atoms with Crippen molar-refractivity contribution in [3.05, 3.63) is 29.3 Å². The molecule has 0 N–H and O–H groups in total. The fraction of sp³-hybridized carbons (Fsp3) is 0.600. The number of aryl methyl sites for hydroxylation is 1. The summed E-state index contributed by atoms with van der Waals surface area (Å²) >= 11 is 0. The molecule has 0 bridgehead atoms. The van der Waals surface area contributed by atoms with Gasteiger partial charge in [-0.25, -0.2) is 0 Å². The first-order chi connectivity index (χ1) is 12.1. The lowest BCUT2D eigenvalue weighted by Gasteiger charge is -2.31. The number of carbonyl (C=O) groups excluding carboxylic acids is 2. The summed E-state index contributed by atoms with van der Waals surface area (Å²) in [5.41, 5.74) is 2.05. The molecule has 1 aromatic rings. The lowest BCUT2D eigenvalue weighted by Crippen LogP contribution is -2.41. The summed E-state index contributed by atoms with van der Waals surface area (Å²) in [6.07, 6.45) is 4.52. The van der Waals surface area contributed by atoms with Crippen molar-refractivity contribution in [2.24, 2.45) is 5.92 Å². The summed E-state index contributed by atoms with van der Waals surface area (Å²) in [5, 5.41) is 0. The SMILES string of the molecule is COc1ccc(CC(=O)N2CCCN(C(=O)C3CCC3)CC2)cc1C. The van der Waals surface area contributed by atoms with E-state index in [2.05, 4.69) is 0 Å². The molecule has 1 aromatic carbocycles. The van der Waals surface area contributed by atoms with E-state index in [0.29, 0.717) is 25.4 Å². The molecule has 2 amide bonds. The molecule has 5 nitrogen and oxygen atoms in total. The zero-order valence-corrected chi connectivity index (χ0v) is 15.3. The van der Waals surface area contributed by atoms with E-state index in [-0.39, 0.29) is 11.8 Å². The van der Waals surface area contributed by atoms with Crippen molar-refractivity contribution in [1.29, 1.82) is 0 Å². The molecule has 1 heterocycles. The first kappa shape index (κ1) is 17.8. The second-order valence-electron chi connectivity index (χ2n) is 7.17. The highest BCUT2D eigenvalue weighted by atomic mass is 16.5. The molecule has 2 aliphatic rings. The van der Waals surface area contributed by atoms with E-state index in [1.807, 2.05) is 34.9 Å². The molecule has 0 aromatic heterocycles. The highest BCUT2D eigenvalue weighted by Crippen LogP contribution is 2.28. The van der Waals surface area contributed by atoms with Crippen molar-refractivity contribution in [1.82, 2.24) is 9.80 Å². The number of benzene rings is 1. The van der Waals surface area contributed by atoms with Gasteiger partial charge in [0.05, 0.1) is 13.5 Å². The van der Waals surface area contributed by atoms with Gasteiger partial charge in [-0.15, -0.1) is 0 Å². The second-order valence-corrected chi connectivity index (χ2v) is 7.17. The Labute approximate surface area is 149 Å². The van der Waals surface area contributed by atoms with Crippen LogP contribution in [0.5, 0.6) is 5.75 Å². The molecule has 0 spiro atoms. The molecule has 5 heteroatoms. The molecule has 1 aliphatic heterocycles. The van der Waals surface area contributed by atoms with Crippen molar-refractivity contribution < 1.29 is 14.3 Å². The molecule has 0 unspecified atom stereocenters. The molecular formula is C20H28N2O3. The van der Waals surface area contributed by atoms with Crippen LogP contribution in [0.3, 0.4) is 0 Å². The predicted molar refractivity (Wildman–Crippen MR) is 96.6 cm³/mol. The van der Waals surface area contributed by atoms with Crippen LogP contribution in [0, 0.1) is 12.8 Å². The van der Waals surface area contributed by atoms with Gasteiger partial charge >= 0.3 is 0 Å². The fourth-order valence-corrected chi connectivity index (χ4v) is 3.64. The van der Waals surface area contributed by atoms with Crippen molar-refractivity contribution >= 4 is 11.8 Å². The number of hydrogen-bond acceptors (Lipinski definition) is 3. The van der Waals surface area contributed by atoms with Gasteiger partial charge in [0.1, 0.15) is 5.75 Å². The summed E-state index contributed by atoms with van der Waals surface area (Å²) in [7, 11) is 1.65. The Morgan fingerprint density at radius 1 is 1.08 bits per heavy atom. The minimum absolute atomic E-state index is 0.141. The van der Waals surface area contributed by atoms with Crippen molar-refractivity contribution in [2.75, 3.05) is 33.3 Å². The normalized spacial score (nSPS) is 18.5. The number of amides is 2. The van der Waals surface area contributed by atoms with Crippen LogP contribution in [-0.2, 0) is 16.0 Å². The largest absolute Gasteiger partial charge is 0.496 e. The molecule has 1 saturated carbocycles. The Bertz CT molecular complexity index is 640. The Balaban J connectivity index is 1.55. The molecule has 2 fully saturated rings. The van der Waals surface area contributed by atoms with E-state index in [1.54, 1.807) is 7.11 Å². The highest BCUT2D eigenvalue weighted by Gasteiger charge is 2.30. The minimum Gasteiger partial charge on any atom is -0.496 e. The third kappa shape index (κ3) is 4.14. The van der Waals surface area contributed by atoms with Crippen molar-refractivity contribution in [3.63, 3.8) is 0 Å². The number of ether oxygens (including phenoxy) is 1. The molecule has 136 valence electrons. The average Bonchev–Trinajstić information content (AvgIpc) is 2.79. The summed E-state index contributed by atoms with van der Waals surface area (Å²) in [5.74, 6) is 1.52. The maximum Gasteiger partial charge on any atom is 0.227 e. The van der Waals surface area contributed by atoms with Crippen molar-refractivity contribution in [2.45, 2.75) is 39.0 Å². The third-order valence-corrected chi connectivity index (χ3v) is 5.43. The van der Waals surface area contributed by atoms with Crippen molar-refractivity contribution in [3.8, 4) is 5.75 Å². The average molecular weight is 344 g/mol. The smallest absolute Gasteiger partial charge is 0.227 e. The maximum atomic E-state index is 12.7. The summed E-state index contributed by atoms with van der Waals surface area (Å²) in [6, 6.07) is 5.88. The standard InChI is InChI=1S/C20H28N2O3/c1-15-13-16(7-8-18(15)25-2)14-19(23)21-9-4-10-22(12-11-21)20(24)17-5-3-6-17/h7-8,13,17H,3-6,9-12,14H2,1-2H3. The molecule has 3 rings (SSSR count). The minimum atomic E-state index is 0.141. The molecule has 0 atom stereocenters.